The van der Waals surface area contributed by atoms with Crippen molar-refractivity contribution < 1.29 is 4.79 Å². The molecule has 0 aliphatic rings. The van der Waals surface area contributed by atoms with E-state index in [9.17, 15) is 4.79 Å². The maximum Gasteiger partial charge on any atom is 0.230 e. The standard InChI is InChI=1S/C11H19N5OS/c1-3-5-13-10(17)8-18-11-15-14-9(7-12)16(11)6-4-2/h3H,1,4-8,12H2,2H3,(H,13,17). The first kappa shape index (κ1) is 14.7. The van der Waals surface area contributed by atoms with Gasteiger partial charge in [-0.3, -0.25) is 4.79 Å². The number of hydrogen-bond donors (Lipinski definition) is 2. The van der Waals surface area contributed by atoms with Gasteiger partial charge in [0.05, 0.1) is 12.3 Å². The van der Waals surface area contributed by atoms with Crippen LogP contribution < -0.4 is 11.1 Å². The lowest BCUT2D eigenvalue weighted by Gasteiger charge is -2.07. The van der Waals surface area contributed by atoms with E-state index in [4.69, 9.17) is 5.73 Å². The van der Waals surface area contributed by atoms with Gasteiger partial charge in [0.2, 0.25) is 5.91 Å². The Bertz CT molecular complexity index is 404. The van der Waals surface area contributed by atoms with Gasteiger partial charge in [-0.1, -0.05) is 24.8 Å². The molecule has 18 heavy (non-hydrogen) atoms. The maximum absolute atomic E-state index is 11.5. The van der Waals surface area contributed by atoms with E-state index in [0.717, 1.165) is 23.9 Å². The van der Waals surface area contributed by atoms with E-state index in [1.165, 1.54) is 11.8 Å². The van der Waals surface area contributed by atoms with Gasteiger partial charge in [-0.2, -0.15) is 0 Å². The van der Waals surface area contributed by atoms with Gasteiger partial charge in [0.1, 0.15) is 5.82 Å². The molecule has 0 fully saturated rings. The lowest BCUT2D eigenvalue weighted by atomic mass is 10.4. The topological polar surface area (TPSA) is 85.8 Å². The Labute approximate surface area is 111 Å². The Morgan fingerprint density at radius 3 is 3.00 bits per heavy atom. The number of aromatic nitrogens is 3. The van der Waals surface area contributed by atoms with E-state index in [0.29, 0.717) is 18.8 Å². The van der Waals surface area contributed by atoms with Crippen LogP contribution in [0.4, 0.5) is 0 Å². The third-order valence-corrected chi connectivity index (χ3v) is 3.17. The van der Waals surface area contributed by atoms with Crippen molar-refractivity contribution in [3.63, 3.8) is 0 Å². The highest BCUT2D eigenvalue weighted by molar-refractivity contribution is 7.99. The number of carbonyl (C=O) groups is 1. The zero-order valence-electron chi connectivity index (χ0n) is 10.6. The highest BCUT2D eigenvalue weighted by atomic mass is 32.2. The lowest BCUT2D eigenvalue weighted by Crippen LogP contribution is -2.25. The van der Waals surface area contributed by atoms with Gasteiger partial charge in [-0.15, -0.1) is 16.8 Å². The molecule has 7 heteroatoms. The molecule has 0 atom stereocenters. The van der Waals surface area contributed by atoms with E-state index >= 15 is 0 Å². The van der Waals surface area contributed by atoms with Crippen LogP contribution in [0.2, 0.25) is 0 Å². The lowest BCUT2D eigenvalue weighted by molar-refractivity contribution is -0.118. The molecule has 0 spiro atoms. The fraction of sp³-hybridized carbons (Fsp3) is 0.545. The molecule has 0 aliphatic heterocycles. The zero-order valence-corrected chi connectivity index (χ0v) is 11.4. The first-order chi connectivity index (χ1) is 8.72. The van der Waals surface area contributed by atoms with E-state index < -0.39 is 0 Å². The molecule has 0 saturated heterocycles. The number of hydrogen-bond acceptors (Lipinski definition) is 5. The molecule has 1 aromatic rings. The molecule has 0 aromatic carbocycles. The highest BCUT2D eigenvalue weighted by Gasteiger charge is 2.12. The molecule has 0 bridgehead atoms. The molecule has 1 rings (SSSR count). The van der Waals surface area contributed by atoms with E-state index in [2.05, 4.69) is 29.0 Å². The minimum atomic E-state index is -0.0414. The molecular formula is C11H19N5OS. The van der Waals surface area contributed by atoms with Crippen LogP contribution in [-0.4, -0.2) is 33.0 Å². The summed E-state index contributed by atoms with van der Waals surface area (Å²) < 4.78 is 1.96. The van der Waals surface area contributed by atoms with Crippen molar-refractivity contribution in [2.75, 3.05) is 12.3 Å². The number of rotatable bonds is 8. The summed E-state index contributed by atoms with van der Waals surface area (Å²) in [6.45, 7) is 7.27. The smallest absolute Gasteiger partial charge is 0.230 e. The molecule has 1 amide bonds. The molecule has 1 aromatic heterocycles. The van der Waals surface area contributed by atoms with Crippen molar-refractivity contribution in [2.45, 2.75) is 31.6 Å². The fourth-order valence-electron chi connectivity index (χ4n) is 1.39. The number of nitrogens with two attached hydrogens (primary N) is 1. The maximum atomic E-state index is 11.5. The van der Waals surface area contributed by atoms with Crippen molar-refractivity contribution in [3.8, 4) is 0 Å². The van der Waals surface area contributed by atoms with Gasteiger partial charge in [0.15, 0.2) is 5.16 Å². The molecule has 0 saturated carbocycles. The van der Waals surface area contributed by atoms with Gasteiger partial charge in [0.25, 0.3) is 0 Å². The Morgan fingerprint density at radius 1 is 1.61 bits per heavy atom. The van der Waals surface area contributed by atoms with Crippen LogP contribution >= 0.6 is 11.8 Å². The molecule has 0 unspecified atom stereocenters. The SMILES string of the molecule is C=CCNC(=O)CSc1nnc(CN)n1CCC. The van der Waals surface area contributed by atoms with Crippen LogP contribution in [0, 0.1) is 0 Å². The number of nitrogens with one attached hydrogen (secondary N) is 1. The quantitative estimate of drug-likeness (QED) is 0.531. The second-order valence-corrected chi connectivity index (χ2v) is 4.58. The summed E-state index contributed by atoms with van der Waals surface area (Å²) in [4.78, 5) is 11.5. The molecule has 3 N–H and O–H groups in total. The average molecular weight is 269 g/mol. The molecule has 0 aliphatic carbocycles. The summed E-state index contributed by atoms with van der Waals surface area (Å²) in [5, 5.41) is 11.5. The normalized spacial score (nSPS) is 10.3. The van der Waals surface area contributed by atoms with Crippen molar-refractivity contribution in [3.05, 3.63) is 18.5 Å². The molecule has 0 radical (unpaired) electrons. The molecule has 6 nitrogen and oxygen atoms in total. The first-order valence-electron chi connectivity index (χ1n) is 5.85. The van der Waals surface area contributed by atoms with Crippen LogP contribution in [0.3, 0.4) is 0 Å². The summed E-state index contributed by atoms with van der Waals surface area (Å²) in [7, 11) is 0. The number of amides is 1. The van der Waals surface area contributed by atoms with Crippen LogP contribution in [-0.2, 0) is 17.9 Å². The van der Waals surface area contributed by atoms with Crippen molar-refractivity contribution >= 4 is 17.7 Å². The zero-order chi connectivity index (χ0) is 13.4. The van der Waals surface area contributed by atoms with Crippen molar-refractivity contribution in [2.24, 2.45) is 5.73 Å². The van der Waals surface area contributed by atoms with Crippen LogP contribution in [0.5, 0.6) is 0 Å². The molecule has 100 valence electrons. The number of nitrogens with zero attached hydrogens (tertiary/aromatic N) is 3. The minimum absolute atomic E-state index is 0.0414. The number of thioether (sulfide) groups is 1. The van der Waals surface area contributed by atoms with Gasteiger partial charge in [-0.25, -0.2) is 0 Å². The number of carbonyl (C=O) groups excluding carboxylic acids is 1. The summed E-state index contributed by atoms with van der Waals surface area (Å²) in [5.74, 6) is 1.03. The van der Waals surface area contributed by atoms with Crippen LogP contribution in [0.15, 0.2) is 17.8 Å². The summed E-state index contributed by atoms with van der Waals surface area (Å²) in [6.07, 6.45) is 2.62. The summed E-state index contributed by atoms with van der Waals surface area (Å²) in [5.41, 5.74) is 5.59. The Morgan fingerprint density at radius 2 is 2.39 bits per heavy atom. The van der Waals surface area contributed by atoms with Crippen LogP contribution in [0.25, 0.3) is 0 Å². The van der Waals surface area contributed by atoms with E-state index in [1.807, 2.05) is 4.57 Å². The summed E-state index contributed by atoms with van der Waals surface area (Å²) >= 11 is 1.37. The first-order valence-corrected chi connectivity index (χ1v) is 6.84. The van der Waals surface area contributed by atoms with Crippen LogP contribution in [0.1, 0.15) is 19.2 Å². The third-order valence-electron chi connectivity index (χ3n) is 2.20. The van der Waals surface area contributed by atoms with E-state index in [1.54, 1.807) is 6.08 Å². The second kappa shape index (κ2) is 7.88. The van der Waals surface area contributed by atoms with Crippen molar-refractivity contribution in [1.82, 2.24) is 20.1 Å². The predicted molar refractivity (Wildman–Crippen MR) is 72.1 cm³/mol. The van der Waals surface area contributed by atoms with Gasteiger partial charge < -0.3 is 15.6 Å². The largest absolute Gasteiger partial charge is 0.352 e. The second-order valence-electron chi connectivity index (χ2n) is 3.64. The Kier molecular flexibility index (Phi) is 6.45. The summed E-state index contributed by atoms with van der Waals surface area (Å²) in [6, 6.07) is 0. The van der Waals surface area contributed by atoms with E-state index in [-0.39, 0.29) is 5.91 Å². The average Bonchev–Trinajstić information content (AvgIpc) is 2.76. The van der Waals surface area contributed by atoms with Gasteiger partial charge >= 0.3 is 0 Å². The third kappa shape index (κ3) is 4.15. The minimum Gasteiger partial charge on any atom is -0.352 e. The van der Waals surface area contributed by atoms with Gasteiger partial charge in [0, 0.05) is 13.1 Å². The fourth-order valence-corrected chi connectivity index (χ4v) is 2.21. The predicted octanol–water partition coefficient (Wildman–Crippen LogP) is 0.541. The molecule has 1 heterocycles. The Balaban J connectivity index is 2.58. The monoisotopic (exact) mass is 269 g/mol. The highest BCUT2D eigenvalue weighted by Crippen LogP contribution is 2.17. The van der Waals surface area contributed by atoms with Crippen molar-refractivity contribution in [1.29, 1.82) is 0 Å². The van der Waals surface area contributed by atoms with Gasteiger partial charge in [-0.05, 0) is 6.42 Å². The Hall–Kier alpha value is -1.34. The molecular weight excluding hydrogens is 250 g/mol.